The molecule has 0 spiro atoms. The van der Waals surface area contributed by atoms with E-state index in [1.807, 2.05) is 19.1 Å². The Kier molecular flexibility index (Phi) is 13.4. The molecule has 3 heterocycles. The monoisotopic (exact) mass is 663 g/mol. The molecule has 0 aliphatic carbocycles. The SMILES string of the molecule is CCn1c(N2CCN(Cc3ccccc3)CC2)c(/C=C2/SC(=S)N(CCCCCCCCCCC(=O)O)C2=O)c(C)c(C#N)c1=O. The molecule has 1 N–H and O–H groups in total. The average molecular weight is 664 g/mol. The Bertz CT molecular complexity index is 1520. The summed E-state index contributed by atoms with van der Waals surface area (Å²) >= 11 is 6.91. The van der Waals surface area contributed by atoms with Gasteiger partial charge in [-0.25, -0.2) is 0 Å². The predicted octanol–water partition coefficient (Wildman–Crippen LogP) is 6.17. The number of carboxylic acid groups (broad SMARTS) is 1. The van der Waals surface area contributed by atoms with Gasteiger partial charge in [-0.2, -0.15) is 5.26 Å². The van der Waals surface area contributed by atoms with Gasteiger partial charge in [0.2, 0.25) is 0 Å². The molecule has 2 aliphatic heterocycles. The molecule has 9 nitrogen and oxygen atoms in total. The maximum atomic E-state index is 13.6. The topological polar surface area (TPSA) is 110 Å². The molecule has 0 saturated carbocycles. The van der Waals surface area contributed by atoms with Crippen molar-refractivity contribution in [3.8, 4) is 6.07 Å². The number of unbranched alkanes of at least 4 members (excludes halogenated alkanes) is 7. The quantitative estimate of drug-likeness (QED) is 0.128. The molecule has 2 fully saturated rings. The molecule has 0 unspecified atom stereocenters. The van der Waals surface area contributed by atoms with Crippen molar-refractivity contribution in [3.63, 3.8) is 0 Å². The molecule has 0 atom stereocenters. The molecule has 2 aliphatic rings. The number of nitriles is 1. The maximum absolute atomic E-state index is 13.6. The fourth-order valence-electron chi connectivity index (χ4n) is 6.17. The first-order valence-corrected chi connectivity index (χ1v) is 17.6. The molecule has 1 amide bonds. The predicted molar refractivity (Wildman–Crippen MR) is 189 cm³/mol. The van der Waals surface area contributed by atoms with E-state index in [-0.39, 0.29) is 23.5 Å². The second-order valence-electron chi connectivity index (χ2n) is 12.0. The van der Waals surface area contributed by atoms with Crippen LogP contribution in [0.3, 0.4) is 0 Å². The lowest BCUT2D eigenvalue weighted by Gasteiger charge is -2.38. The summed E-state index contributed by atoms with van der Waals surface area (Å²) in [5.74, 6) is -0.0954. The molecule has 1 aromatic heterocycles. The van der Waals surface area contributed by atoms with E-state index in [4.69, 9.17) is 17.3 Å². The number of thioether (sulfide) groups is 1. The van der Waals surface area contributed by atoms with Gasteiger partial charge in [0.25, 0.3) is 11.5 Å². The van der Waals surface area contributed by atoms with Gasteiger partial charge in [-0.05, 0) is 43.9 Å². The van der Waals surface area contributed by atoms with Crippen LogP contribution in [0.1, 0.15) is 87.0 Å². The molecule has 1 aromatic carbocycles. The number of rotatable bonds is 16. The van der Waals surface area contributed by atoms with Crippen LogP contribution in [-0.4, -0.2) is 68.4 Å². The fraction of sp³-hybridized carbons (Fsp3) is 0.514. The van der Waals surface area contributed by atoms with Gasteiger partial charge >= 0.3 is 5.97 Å². The zero-order valence-corrected chi connectivity index (χ0v) is 28.6. The Labute approximate surface area is 281 Å². The number of hydrogen-bond acceptors (Lipinski definition) is 8. The van der Waals surface area contributed by atoms with Crippen molar-refractivity contribution in [2.45, 2.75) is 84.7 Å². The number of aromatic nitrogens is 1. The Morgan fingerprint density at radius 3 is 2.24 bits per heavy atom. The number of amides is 1. The van der Waals surface area contributed by atoms with E-state index in [1.54, 1.807) is 16.4 Å². The molecule has 0 bridgehead atoms. The van der Waals surface area contributed by atoms with Gasteiger partial charge in [-0.1, -0.05) is 92.8 Å². The second-order valence-corrected chi connectivity index (χ2v) is 13.6. The first kappa shape index (κ1) is 35.4. The zero-order valence-electron chi connectivity index (χ0n) is 27.0. The van der Waals surface area contributed by atoms with Crippen molar-refractivity contribution < 1.29 is 14.7 Å². The number of benzene rings is 1. The second kappa shape index (κ2) is 17.5. The van der Waals surface area contributed by atoms with Crippen LogP contribution in [0.2, 0.25) is 0 Å². The van der Waals surface area contributed by atoms with Gasteiger partial charge in [0.1, 0.15) is 21.8 Å². The summed E-state index contributed by atoms with van der Waals surface area (Å²) in [7, 11) is 0. The minimum Gasteiger partial charge on any atom is -0.481 e. The molecular formula is C35H45N5O4S2. The number of nitrogens with zero attached hydrogens (tertiary/aromatic N) is 5. The third kappa shape index (κ3) is 9.08. The smallest absolute Gasteiger partial charge is 0.303 e. The first-order valence-electron chi connectivity index (χ1n) is 16.4. The summed E-state index contributed by atoms with van der Waals surface area (Å²) in [5, 5.41) is 18.7. The van der Waals surface area contributed by atoms with Crippen molar-refractivity contribution in [2.75, 3.05) is 37.6 Å². The standard InChI is InChI=1S/C35H45N5O4S2/c1-3-39-32(38-21-19-37(20-22-38)25-27-15-11-10-12-16-27)28(26(2)29(24-36)33(39)43)23-30-34(44)40(35(45)46-30)18-14-9-7-5-4-6-8-13-17-31(41)42/h10-12,15-16,23H,3-9,13-14,17-22,25H2,1-2H3,(H,41,42)/b30-23+. The van der Waals surface area contributed by atoms with Crippen LogP contribution in [0.25, 0.3) is 6.08 Å². The van der Waals surface area contributed by atoms with Gasteiger partial charge in [0.05, 0.1) is 4.91 Å². The number of carbonyl (C=O) groups excluding carboxylic acids is 1. The Morgan fingerprint density at radius 2 is 1.63 bits per heavy atom. The van der Waals surface area contributed by atoms with Crippen molar-refractivity contribution in [2.24, 2.45) is 0 Å². The molecular weight excluding hydrogens is 619 g/mol. The number of aliphatic carboxylic acids is 1. The summed E-state index contributed by atoms with van der Waals surface area (Å²) in [6, 6.07) is 12.5. The Hall–Kier alpha value is -3.46. The van der Waals surface area contributed by atoms with Crippen LogP contribution in [-0.2, 0) is 22.7 Å². The van der Waals surface area contributed by atoms with Crippen LogP contribution in [0.5, 0.6) is 0 Å². The zero-order chi connectivity index (χ0) is 33.1. The molecule has 246 valence electrons. The number of thiocarbonyl (C=S) groups is 1. The van der Waals surface area contributed by atoms with Crippen LogP contribution >= 0.6 is 24.0 Å². The van der Waals surface area contributed by atoms with E-state index >= 15 is 0 Å². The average Bonchev–Trinajstić information content (AvgIpc) is 3.31. The molecule has 4 rings (SSSR count). The lowest BCUT2D eigenvalue weighted by Crippen LogP contribution is -2.48. The van der Waals surface area contributed by atoms with Crippen LogP contribution in [0, 0.1) is 18.3 Å². The molecule has 0 radical (unpaired) electrons. The highest BCUT2D eigenvalue weighted by Gasteiger charge is 2.33. The van der Waals surface area contributed by atoms with Gasteiger partial charge < -0.3 is 10.0 Å². The number of hydrogen-bond donors (Lipinski definition) is 1. The van der Waals surface area contributed by atoms with E-state index in [1.165, 1.54) is 17.3 Å². The highest BCUT2D eigenvalue weighted by atomic mass is 32.2. The lowest BCUT2D eigenvalue weighted by molar-refractivity contribution is -0.137. The lowest BCUT2D eigenvalue weighted by atomic mass is 10.0. The molecule has 11 heteroatoms. The van der Waals surface area contributed by atoms with E-state index in [0.29, 0.717) is 27.9 Å². The number of carbonyl (C=O) groups is 2. The Morgan fingerprint density at radius 1 is 1.00 bits per heavy atom. The third-order valence-corrected chi connectivity index (χ3v) is 10.1. The van der Waals surface area contributed by atoms with Crippen molar-refractivity contribution in [1.82, 2.24) is 14.4 Å². The summed E-state index contributed by atoms with van der Waals surface area (Å²) in [4.78, 5) is 44.4. The fourth-order valence-corrected chi connectivity index (χ4v) is 7.46. The number of anilines is 1. The number of carboxylic acids is 1. The van der Waals surface area contributed by atoms with Gasteiger partial charge in [0, 0.05) is 57.8 Å². The van der Waals surface area contributed by atoms with E-state index in [0.717, 1.165) is 95.5 Å². The van der Waals surface area contributed by atoms with E-state index in [2.05, 4.69) is 40.1 Å². The van der Waals surface area contributed by atoms with Crippen LogP contribution in [0.15, 0.2) is 40.0 Å². The number of piperazine rings is 1. The minimum atomic E-state index is -0.730. The van der Waals surface area contributed by atoms with Gasteiger partial charge in [-0.3, -0.25) is 28.8 Å². The van der Waals surface area contributed by atoms with Crippen LogP contribution < -0.4 is 10.5 Å². The van der Waals surface area contributed by atoms with Gasteiger partial charge in [0.15, 0.2) is 0 Å². The van der Waals surface area contributed by atoms with E-state index < -0.39 is 5.97 Å². The van der Waals surface area contributed by atoms with Crippen LogP contribution in [0.4, 0.5) is 5.82 Å². The summed E-state index contributed by atoms with van der Waals surface area (Å²) in [5.41, 5.74) is 2.40. The normalized spacial score (nSPS) is 16.4. The molecule has 2 saturated heterocycles. The number of pyridine rings is 1. The van der Waals surface area contributed by atoms with Crippen molar-refractivity contribution >= 4 is 52.1 Å². The van der Waals surface area contributed by atoms with Crippen molar-refractivity contribution in [1.29, 1.82) is 5.26 Å². The van der Waals surface area contributed by atoms with Crippen molar-refractivity contribution in [3.05, 3.63) is 67.8 Å². The summed E-state index contributed by atoms with van der Waals surface area (Å²) in [6.45, 7) is 8.67. The minimum absolute atomic E-state index is 0.108. The summed E-state index contributed by atoms with van der Waals surface area (Å²) in [6.07, 6.45) is 9.95. The maximum Gasteiger partial charge on any atom is 0.303 e. The molecule has 46 heavy (non-hydrogen) atoms. The third-order valence-electron chi connectivity index (χ3n) is 8.75. The Balaban J connectivity index is 1.44. The van der Waals surface area contributed by atoms with E-state index in [9.17, 15) is 19.6 Å². The highest BCUT2D eigenvalue weighted by Crippen LogP contribution is 2.36. The van der Waals surface area contributed by atoms with Gasteiger partial charge in [-0.15, -0.1) is 0 Å². The first-order chi connectivity index (χ1) is 22.2. The highest BCUT2D eigenvalue weighted by molar-refractivity contribution is 8.26. The molecule has 2 aromatic rings. The largest absolute Gasteiger partial charge is 0.481 e. The summed E-state index contributed by atoms with van der Waals surface area (Å²) < 4.78 is 2.21.